The number of hydrogen-bond donors (Lipinski definition) is 0. The van der Waals surface area contributed by atoms with Crippen molar-refractivity contribution in [3.05, 3.63) is 60.5 Å². The number of likely N-dealkylation sites (tertiary alicyclic amines) is 1. The molecule has 0 saturated carbocycles. The molecule has 2 aromatic carbocycles. The second-order valence-corrected chi connectivity index (χ2v) is 10.1. The average Bonchev–Trinajstić information content (AvgIpc) is 3.33. The van der Waals surface area contributed by atoms with E-state index in [1.165, 1.54) is 26.2 Å². The summed E-state index contributed by atoms with van der Waals surface area (Å²) in [4.78, 5) is 19.3. The molecule has 1 aliphatic heterocycles. The number of nitrogens with zero attached hydrogens (tertiary/aromatic N) is 4. The van der Waals surface area contributed by atoms with Crippen molar-refractivity contribution >= 4 is 15.9 Å². The first kappa shape index (κ1) is 22.9. The van der Waals surface area contributed by atoms with E-state index in [1.54, 1.807) is 29.2 Å². The van der Waals surface area contributed by atoms with E-state index in [4.69, 9.17) is 9.26 Å². The minimum absolute atomic E-state index is 0.0662. The molecule has 1 unspecified atom stereocenters. The zero-order valence-electron chi connectivity index (χ0n) is 18.5. The van der Waals surface area contributed by atoms with Crippen LogP contribution in [0, 0.1) is 0 Å². The third-order valence-corrected chi connectivity index (χ3v) is 7.38. The lowest BCUT2D eigenvalue weighted by atomic mass is 10.0. The second kappa shape index (κ2) is 9.72. The van der Waals surface area contributed by atoms with Gasteiger partial charge in [0.2, 0.25) is 21.7 Å². The molecule has 10 heteroatoms. The van der Waals surface area contributed by atoms with E-state index in [0.717, 1.165) is 23.6 Å². The zero-order chi connectivity index (χ0) is 23.4. The summed E-state index contributed by atoms with van der Waals surface area (Å²) in [5, 5.41) is 4.06. The predicted octanol–water partition coefficient (Wildman–Crippen LogP) is 3.12. The van der Waals surface area contributed by atoms with Gasteiger partial charge in [0.15, 0.2) is 6.61 Å². The number of piperidine rings is 1. The van der Waals surface area contributed by atoms with Crippen molar-refractivity contribution in [2.75, 3.05) is 27.2 Å². The highest BCUT2D eigenvalue weighted by molar-refractivity contribution is 7.89. The molecule has 174 valence electrons. The quantitative estimate of drug-likeness (QED) is 0.522. The molecule has 3 aromatic rings. The largest absolute Gasteiger partial charge is 0.484 e. The maximum Gasteiger partial charge on any atom is 0.261 e. The number of para-hydroxylation sites is 1. The summed E-state index contributed by atoms with van der Waals surface area (Å²) in [5.74, 6) is 1.21. The normalized spacial score (nSPS) is 16.7. The molecule has 1 fully saturated rings. The Kier molecular flexibility index (Phi) is 6.75. The molecule has 1 aromatic heterocycles. The SMILES string of the molecule is CN(C)S(=O)(=O)c1ccc(-c2noc(C3CCCCN3C(=O)COc3ccccc3)n2)cc1. The van der Waals surface area contributed by atoms with Gasteiger partial charge >= 0.3 is 0 Å². The molecule has 2 heterocycles. The first-order valence-electron chi connectivity index (χ1n) is 10.7. The van der Waals surface area contributed by atoms with Gasteiger partial charge in [0, 0.05) is 26.2 Å². The lowest BCUT2D eigenvalue weighted by Gasteiger charge is -2.33. The topological polar surface area (TPSA) is 106 Å². The zero-order valence-corrected chi connectivity index (χ0v) is 19.4. The predicted molar refractivity (Wildman–Crippen MR) is 121 cm³/mol. The molecule has 0 radical (unpaired) electrons. The van der Waals surface area contributed by atoms with Crippen molar-refractivity contribution in [3.63, 3.8) is 0 Å². The summed E-state index contributed by atoms with van der Waals surface area (Å²) in [7, 11) is -0.551. The Morgan fingerprint density at radius 1 is 1.12 bits per heavy atom. The summed E-state index contributed by atoms with van der Waals surface area (Å²) in [5.41, 5.74) is 0.629. The maximum absolute atomic E-state index is 12.9. The van der Waals surface area contributed by atoms with Gasteiger partial charge in [-0.2, -0.15) is 4.98 Å². The fourth-order valence-corrected chi connectivity index (χ4v) is 4.61. The van der Waals surface area contributed by atoms with Crippen molar-refractivity contribution in [1.82, 2.24) is 19.3 Å². The fourth-order valence-electron chi connectivity index (χ4n) is 3.71. The van der Waals surface area contributed by atoms with Crippen LogP contribution in [0.15, 0.2) is 64.0 Å². The number of carbonyl (C=O) groups excluding carboxylic acids is 1. The summed E-state index contributed by atoms with van der Waals surface area (Å²) in [6.07, 6.45) is 2.57. The van der Waals surface area contributed by atoms with Crippen molar-refractivity contribution in [2.24, 2.45) is 0 Å². The number of aromatic nitrogens is 2. The molecule has 4 rings (SSSR count). The van der Waals surface area contributed by atoms with Crippen molar-refractivity contribution in [1.29, 1.82) is 0 Å². The van der Waals surface area contributed by atoms with Gasteiger partial charge in [0.25, 0.3) is 5.91 Å². The second-order valence-electron chi connectivity index (χ2n) is 7.97. The number of hydrogen-bond acceptors (Lipinski definition) is 7. The van der Waals surface area contributed by atoms with E-state index < -0.39 is 10.0 Å². The van der Waals surface area contributed by atoms with Crippen LogP contribution in [0.3, 0.4) is 0 Å². The molecule has 9 nitrogen and oxygen atoms in total. The summed E-state index contributed by atoms with van der Waals surface area (Å²) < 4.78 is 36.8. The molecule has 33 heavy (non-hydrogen) atoms. The van der Waals surface area contributed by atoms with Gasteiger partial charge in [-0.05, 0) is 55.7 Å². The number of carbonyl (C=O) groups is 1. The lowest BCUT2D eigenvalue weighted by Crippen LogP contribution is -2.41. The van der Waals surface area contributed by atoms with E-state index in [-0.39, 0.29) is 23.5 Å². The van der Waals surface area contributed by atoms with E-state index in [1.807, 2.05) is 18.2 Å². The van der Waals surface area contributed by atoms with Gasteiger partial charge in [0.05, 0.1) is 4.90 Å². The van der Waals surface area contributed by atoms with Crippen molar-refractivity contribution in [3.8, 4) is 17.1 Å². The van der Waals surface area contributed by atoms with E-state index >= 15 is 0 Å². The Labute approximate surface area is 193 Å². The summed E-state index contributed by atoms with van der Waals surface area (Å²) in [6, 6.07) is 15.2. The Bertz CT molecular complexity index is 1190. The monoisotopic (exact) mass is 470 g/mol. The number of rotatable bonds is 7. The maximum atomic E-state index is 12.9. The smallest absolute Gasteiger partial charge is 0.261 e. The minimum Gasteiger partial charge on any atom is -0.484 e. The minimum atomic E-state index is -3.52. The van der Waals surface area contributed by atoms with Crippen molar-refractivity contribution < 1.29 is 22.5 Å². The summed E-state index contributed by atoms with van der Waals surface area (Å²) >= 11 is 0. The third kappa shape index (κ3) is 5.07. The number of amides is 1. The molecule has 1 atom stereocenters. The van der Waals surface area contributed by atoms with Crippen LogP contribution in [0.2, 0.25) is 0 Å². The highest BCUT2D eigenvalue weighted by Gasteiger charge is 2.32. The highest BCUT2D eigenvalue weighted by atomic mass is 32.2. The highest BCUT2D eigenvalue weighted by Crippen LogP contribution is 2.31. The van der Waals surface area contributed by atoms with Crippen molar-refractivity contribution in [2.45, 2.75) is 30.2 Å². The molecule has 1 aliphatic rings. The van der Waals surface area contributed by atoms with Gasteiger partial charge in [-0.1, -0.05) is 23.4 Å². The fraction of sp³-hybridized carbons (Fsp3) is 0.348. The van der Waals surface area contributed by atoms with Crippen LogP contribution in [0.1, 0.15) is 31.2 Å². The van der Waals surface area contributed by atoms with Crippen LogP contribution < -0.4 is 4.74 Å². The number of ether oxygens (including phenoxy) is 1. The Balaban J connectivity index is 1.48. The molecule has 0 bridgehead atoms. The van der Waals surface area contributed by atoms with Crippen LogP contribution >= 0.6 is 0 Å². The first-order valence-corrected chi connectivity index (χ1v) is 12.1. The van der Waals surface area contributed by atoms with Gasteiger partial charge in [-0.3, -0.25) is 4.79 Å². The van der Waals surface area contributed by atoms with Gasteiger partial charge < -0.3 is 14.2 Å². The van der Waals surface area contributed by atoms with Gasteiger partial charge in [0.1, 0.15) is 11.8 Å². The molecule has 0 aliphatic carbocycles. The van der Waals surface area contributed by atoms with E-state index in [0.29, 0.717) is 29.6 Å². The van der Waals surface area contributed by atoms with Crippen LogP contribution in [0.5, 0.6) is 5.75 Å². The molecule has 0 spiro atoms. The van der Waals surface area contributed by atoms with Crippen LogP contribution in [0.25, 0.3) is 11.4 Å². The molecular formula is C23H26N4O5S. The van der Waals surface area contributed by atoms with Crippen LogP contribution in [-0.4, -0.2) is 60.9 Å². The third-order valence-electron chi connectivity index (χ3n) is 5.55. The Morgan fingerprint density at radius 2 is 1.85 bits per heavy atom. The Morgan fingerprint density at radius 3 is 2.55 bits per heavy atom. The Hall–Kier alpha value is -3.24. The number of sulfonamides is 1. The summed E-state index contributed by atoms with van der Waals surface area (Å²) in [6.45, 7) is 0.528. The first-order chi connectivity index (χ1) is 15.9. The van der Waals surface area contributed by atoms with Crippen LogP contribution in [0.4, 0.5) is 0 Å². The molecular weight excluding hydrogens is 444 g/mol. The van der Waals surface area contributed by atoms with E-state index in [9.17, 15) is 13.2 Å². The van der Waals surface area contributed by atoms with Crippen LogP contribution in [-0.2, 0) is 14.8 Å². The lowest BCUT2D eigenvalue weighted by molar-refractivity contribution is -0.138. The van der Waals surface area contributed by atoms with Gasteiger partial charge in [-0.15, -0.1) is 0 Å². The molecule has 1 saturated heterocycles. The number of benzene rings is 2. The van der Waals surface area contributed by atoms with E-state index in [2.05, 4.69) is 10.1 Å². The standard InChI is InChI=1S/C23H26N4O5S/c1-26(2)33(29,30)19-13-11-17(12-14-19)22-24-23(32-25-22)20-10-6-7-15-27(20)21(28)16-31-18-8-4-3-5-9-18/h3-5,8-9,11-14,20H,6-7,10,15-16H2,1-2H3. The average molecular weight is 471 g/mol. The molecule has 1 amide bonds. The molecule has 0 N–H and O–H groups in total. The van der Waals surface area contributed by atoms with Gasteiger partial charge in [-0.25, -0.2) is 12.7 Å².